The molecule has 168 valence electrons. The van der Waals surface area contributed by atoms with E-state index in [4.69, 9.17) is 14.2 Å². The van der Waals surface area contributed by atoms with Gasteiger partial charge in [-0.05, 0) is 74.7 Å². The van der Waals surface area contributed by atoms with Gasteiger partial charge in [-0.3, -0.25) is 4.79 Å². The fourth-order valence-electron chi connectivity index (χ4n) is 3.37. The van der Waals surface area contributed by atoms with E-state index >= 15 is 0 Å². The quantitative estimate of drug-likeness (QED) is 0.438. The molecule has 0 aliphatic heterocycles. The Labute approximate surface area is 190 Å². The van der Waals surface area contributed by atoms with Crippen molar-refractivity contribution in [2.75, 3.05) is 13.7 Å². The number of ether oxygens (including phenoxy) is 3. The highest BCUT2D eigenvalue weighted by Crippen LogP contribution is 2.24. The van der Waals surface area contributed by atoms with Crippen LogP contribution in [0.5, 0.6) is 17.2 Å². The summed E-state index contributed by atoms with van der Waals surface area (Å²) in [4.78, 5) is 12.8. The van der Waals surface area contributed by atoms with E-state index in [0.717, 1.165) is 35.7 Å². The summed E-state index contributed by atoms with van der Waals surface area (Å²) >= 11 is 0. The number of hydrogen-bond donors (Lipinski definition) is 1. The number of carbonyl (C=O) groups is 1. The Hall–Kier alpha value is -3.47. The third-order valence-electron chi connectivity index (χ3n) is 5.16. The fraction of sp³-hybridized carbons (Fsp3) is 0.296. The molecule has 1 amide bonds. The summed E-state index contributed by atoms with van der Waals surface area (Å²) in [5.41, 5.74) is 2.69. The van der Waals surface area contributed by atoms with Gasteiger partial charge in [0.1, 0.15) is 23.9 Å². The first-order chi connectivity index (χ1) is 15.6. The predicted octanol–water partition coefficient (Wildman–Crippen LogP) is 5.42. The molecular weight excluding hydrogens is 402 g/mol. The average Bonchev–Trinajstić information content (AvgIpc) is 2.83. The van der Waals surface area contributed by atoms with Gasteiger partial charge < -0.3 is 19.5 Å². The van der Waals surface area contributed by atoms with Gasteiger partial charge in [-0.15, -0.1) is 0 Å². The van der Waals surface area contributed by atoms with Crippen LogP contribution in [0.15, 0.2) is 72.8 Å². The normalized spacial score (nSPS) is 11.5. The Morgan fingerprint density at radius 3 is 2.34 bits per heavy atom. The number of carbonyl (C=O) groups excluding carboxylic acids is 1. The third kappa shape index (κ3) is 6.77. The minimum absolute atomic E-state index is 0.0632. The van der Waals surface area contributed by atoms with Crippen molar-refractivity contribution in [2.24, 2.45) is 0 Å². The molecule has 5 heteroatoms. The predicted molar refractivity (Wildman–Crippen MR) is 127 cm³/mol. The second-order valence-corrected chi connectivity index (χ2v) is 7.62. The van der Waals surface area contributed by atoms with Gasteiger partial charge in [0.15, 0.2) is 0 Å². The molecule has 1 N–H and O–H groups in total. The number of rotatable bonds is 11. The van der Waals surface area contributed by atoms with Gasteiger partial charge in [0.2, 0.25) is 0 Å². The van der Waals surface area contributed by atoms with Crippen molar-refractivity contribution in [3.8, 4) is 17.2 Å². The van der Waals surface area contributed by atoms with Crippen molar-refractivity contribution in [3.05, 3.63) is 89.5 Å². The van der Waals surface area contributed by atoms with E-state index in [1.807, 2.05) is 68.4 Å². The van der Waals surface area contributed by atoms with Gasteiger partial charge in [0.25, 0.3) is 5.91 Å². The lowest BCUT2D eigenvalue weighted by atomic mass is 10.1. The van der Waals surface area contributed by atoms with Crippen molar-refractivity contribution >= 4 is 5.91 Å². The van der Waals surface area contributed by atoms with Gasteiger partial charge >= 0.3 is 0 Å². The highest BCUT2D eigenvalue weighted by molar-refractivity contribution is 5.94. The molecule has 3 aromatic carbocycles. The SMILES string of the molecule is CCOc1ccc(C(=O)N[C@@H](C)CCc2ccccc2)cc1COc1ccc(OC)cc1. The topological polar surface area (TPSA) is 56.8 Å². The number of hydrogen-bond acceptors (Lipinski definition) is 4. The van der Waals surface area contributed by atoms with Crippen LogP contribution in [0.3, 0.4) is 0 Å². The zero-order chi connectivity index (χ0) is 22.8. The molecule has 0 fully saturated rings. The van der Waals surface area contributed by atoms with Gasteiger partial charge in [0.05, 0.1) is 13.7 Å². The molecular formula is C27H31NO4. The van der Waals surface area contributed by atoms with Crippen LogP contribution in [-0.2, 0) is 13.0 Å². The number of nitrogens with one attached hydrogen (secondary N) is 1. The van der Waals surface area contributed by atoms with Crippen molar-refractivity contribution in [2.45, 2.75) is 39.3 Å². The summed E-state index contributed by atoms with van der Waals surface area (Å²) in [6.45, 7) is 4.80. The van der Waals surface area contributed by atoms with Gasteiger partial charge in [-0.2, -0.15) is 0 Å². The van der Waals surface area contributed by atoms with E-state index in [-0.39, 0.29) is 11.9 Å². The third-order valence-corrected chi connectivity index (χ3v) is 5.16. The Morgan fingerprint density at radius 1 is 0.938 bits per heavy atom. The summed E-state index contributed by atoms with van der Waals surface area (Å²) in [5.74, 6) is 2.11. The van der Waals surface area contributed by atoms with E-state index in [1.54, 1.807) is 13.2 Å². The summed E-state index contributed by atoms with van der Waals surface area (Å²) < 4.78 is 16.8. The standard InChI is InChI=1S/C27H31NO4/c1-4-31-26-17-12-22(18-23(26)19-32-25-15-13-24(30-3)14-16-25)27(29)28-20(2)10-11-21-8-6-5-7-9-21/h5-9,12-18,20H,4,10-11,19H2,1-3H3,(H,28,29)/t20-/m0/s1. The largest absolute Gasteiger partial charge is 0.497 e. The van der Waals surface area contributed by atoms with Crippen LogP contribution in [0.2, 0.25) is 0 Å². The summed E-state index contributed by atoms with van der Waals surface area (Å²) in [7, 11) is 1.63. The molecule has 0 spiro atoms. The smallest absolute Gasteiger partial charge is 0.251 e. The van der Waals surface area contributed by atoms with E-state index < -0.39 is 0 Å². The molecule has 0 aliphatic rings. The summed E-state index contributed by atoms with van der Waals surface area (Å²) in [5, 5.41) is 3.10. The number of aryl methyl sites for hydroxylation is 1. The monoisotopic (exact) mass is 433 g/mol. The molecule has 0 aliphatic carbocycles. The number of benzene rings is 3. The van der Waals surface area contributed by atoms with Crippen molar-refractivity contribution in [1.29, 1.82) is 0 Å². The van der Waals surface area contributed by atoms with E-state index in [0.29, 0.717) is 18.8 Å². The molecule has 0 bridgehead atoms. The molecule has 0 radical (unpaired) electrons. The minimum Gasteiger partial charge on any atom is -0.497 e. The maximum atomic E-state index is 12.8. The fourth-order valence-corrected chi connectivity index (χ4v) is 3.37. The average molecular weight is 434 g/mol. The van der Waals surface area contributed by atoms with Crippen LogP contribution in [-0.4, -0.2) is 25.7 Å². The van der Waals surface area contributed by atoms with Gasteiger partial charge in [0, 0.05) is 17.2 Å². The number of amides is 1. The zero-order valence-corrected chi connectivity index (χ0v) is 19.0. The molecule has 32 heavy (non-hydrogen) atoms. The van der Waals surface area contributed by atoms with Crippen LogP contribution in [0.25, 0.3) is 0 Å². The molecule has 3 aromatic rings. The highest BCUT2D eigenvalue weighted by atomic mass is 16.5. The maximum Gasteiger partial charge on any atom is 0.251 e. The molecule has 0 aromatic heterocycles. The first-order valence-electron chi connectivity index (χ1n) is 11.0. The lowest BCUT2D eigenvalue weighted by molar-refractivity contribution is 0.0938. The molecule has 5 nitrogen and oxygen atoms in total. The van der Waals surface area contributed by atoms with Crippen LogP contribution in [0, 0.1) is 0 Å². The lowest BCUT2D eigenvalue weighted by Crippen LogP contribution is -2.33. The lowest BCUT2D eigenvalue weighted by Gasteiger charge is -2.16. The van der Waals surface area contributed by atoms with Gasteiger partial charge in [-0.25, -0.2) is 0 Å². The molecule has 0 saturated carbocycles. The summed E-state index contributed by atoms with van der Waals surface area (Å²) in [6.07, 6.45) is 1.80. The van der Waals surface area contributed by atoms with Crippen molar-refractivity contribution in [1.82, 2.24) is 5.32 Å². The van der Waals surface area contributed by atoms with Crippen LogP contribution in [0.1, 0.15) is 41.8 Å². The Balaban J connectivity index is 1.63. The van der Waals surface area contributed by atoms with E-state index in [9.17, 15) is 4.79 Å². The first-order valence-corrected chi connectivity index (χ1v) is 11.0. The second kappa shape index (κ2) is 11.8. The zero-order valence-electron chi connectivity index (χ0n) is 19.0. The number of methoxy groups -OCH3 is 1. The van der Waals surface area contributed by atoms with E-state index in [1.165, 1.54) is 5.56 Å². The van der Waals surface area contributed by atoms with Crippen molar-refractivity contribution < 1.29 is 19.0 Å². The highest BCUT2D eigenvalue weighted by Gasteiger charge is 2.14. The van der Waals surface area contributed by atoms with Gasteiger partial charge in [-0.1, -0.05) is 30.3 Å². The van der Waals surface area contributed by atoms with E-state index in [2.05, 4.69) is 17.4 Å². The molecule has 0 unspecified atom stereocenters. The Kier molecular flexibility index (Phi) is 8.55. The second-order valence-electron chi connectivity index (χ2n) is 7.62. The summed E-state index contributed by atoms with van der Waals surface area (Å²) in [6, 6.07) is 23.2. The molecule has 3 rings (SSSR count). The van der Waals surface area contributed by atoms with Crippen LogP contribution in [0.4, 0.5) is 0 Å². The Morgan fingerprint density at radius 2 is 1.66 bits per heavy atom. The molecule has 0 saturated heterocycles. The molecule has 1 atom stereocenters. The van der Waals surface area contributed by atoms with Crippen molar-refractivity contribution in [3.63, 3.8) is 0 Å². The van der Waals surface area contributed by atoms with Crippen LogP contribution < -0.4 is 19.5 Å². The molecule has 0 heterocycles. The van der Waals surface area contributed by atoms with Crippen LogP contribution >= 0.6 is 0 Å². The first kappa shape index (κ1) is 23.2. The minimum atomic E-state index is -0.0979. The maximum absolute atomic E-state index is 12.8. The Bertz CT molecular complexity index is 986.